The van der Waals surface area contributed by atoms with Crippen LogP contribution in [0.3, 0.4) is 0 Å². The van der Waals surface area contributed by atoms with Crippen LogP contribution >= 0.6 is 0 Å². The van der Waals surface area contributed by atoms with E-state index in [2.05, 4.69) is 4.98 Å². The Hall–Kier alpha value is -2.75. The van der Waals surface area contributed by atoms with E-state index >= 15 is 0 Å². The zero-order valence-electron chi connectivity index (χ0n) is 11.3. The number of methoxy groups -OCH3 is 1. The summed E-state index contributed by atoms with van der Waals surface area (Å²) in [6.07, 6.45) is 1.57. The minimum Gasteiger partial charge on any atom is -0.496 e. The highest BCUT2D eigenvalue weighted by atomic mass is 19.1. The first-order valence-corrected chi connectivity index (χ1v) is 6.42. The van der Waals surface area contributed by atoms with Gasteiger partial charge in [0, 0.05) is 17.1 Å². The first-order valence-electron chi connectivity index (χ1n) is 6.42. The Morgan fingerprint density at radius 1 is 1.10 bits per heavy atom. The molecule has 104 valence electrons. The average Bonchev–Trinajstić information content (AvgIpc) is 2.53. The zero-order chi connectivity index (χ0) is 14.8. The molecule has 0 saturated heterocycles. The third-order valence-corrected chi connectivity index (χ3v) is 3.30. The van der Waals surface area contributed by atoms with E-state index in [1.807, 2.05) is 24.3 Å². The molecule has 0 unspecified atom stereocenters. The van der Waals surface area contributed by atoms with Crippen molar-refractivity contribution in [2.24, 2.45) is 0 Å². The molecule has 0 amide bonds. The van der Waals surface area contributed by atoms with Gasteiger partial charge in [-0.3, -0.25) is 9.78 Å². The van der Waals surface area contributed by atoms with E-state index in [-0.39, 0.29) is 11.3 Å². The molecule has 1 aromatic heterocycles. The van der Waals surface area contributed by atoms with Crippen molar-refractivity contribution in [2.75, 3.05) is 7.11 Å². The minimum atomic E-state index is -0.475. The largest absolute Gasteiger partial charge is 0.496 e. The average molecular weight is 281 g/mol. The number of aromatic nitrogens is 1. The Kier molecular flexibility index (Phi) is 3.36. The molecule has 0 spiro atoms. The molecule has 4 heteroatoms. The van der Waals surface area contributed by atoms with Crippen LogP contribution in [0.4, 0.5) is 4.39 Å². The van der Waals surface area contributed by atoms with Crippen LogP contribution in [0, 0.1) is 5.82 Å². The highest BCUT2D eigenvalue weighted by Gasteiger charge is 2.17. The van der Waals surface area contributed by atoms with Gasteiger partial charge in [0.1, 0.15) is 11.6 Å². The van der Waals surface area contributed by atoms with E-state index in [9.17, 15) is 9.18 Å². The van der Waals surface area contributed by atoms with Gasteiger partial charge in [0.05, 0.1) is 18.2 Å². The number of ether oxygens (including phenoxy) is 1. The number of nitrogens with zero attached hydrogens (tertiary/aromatic N) is 1. The molecule has 0 aliphatic heterocycles. The van der Waals surface area contributed by atoms with Gasteiger partial charge in [-0.1, -0.05) is 18.2 Å². The molecule has 0 atom stereocenters. The van der Waals surface area contributed by atoms with Crippen molar-refractivity contribution < 1.29 is 13.9 Å². The van der Waals surface area contributed by atoms with Gasteiger partial charge in [0.25, 0.3) is 0 Å². The third-order valence-electron chi connectivity index (χ3n) is 3.30. The summed E-state index contributed by atoms with van der Waals surface area (Å²) in [6, 6.07) is 12.9. The number of hydrogen-bond acceptors (Lipinski definition) is 3. The van der Waals surface area contributed by atoms with Gasteiger partial charge in [-0.2, -0.15) is 0 Å². The number of para-hydroxylation sites is 1. The van der Waals surface area contributed by atoms with Crippen molar-refractivity contribution in [3.05, 3.63) is 71.7 Å². The van der Waals surface area contributed by atoms with Crippen molar-refractivity contribution in [3.63, 3.8) is 0 Å². The molecule has 0 fully saturated rings. The maximum atomic E-state index is 13.5. The summed E-state index contributed by atoms with van der Waals surface area (Å²) in [4.78, 5) is 16.9. The second kappa shape index (κ2) is 5.32. The number of benzene rings is 2. The standard InChI is InChI=1S/C17H12FNO2/c1-21-16-7-6-11(18)10-14(16)17(20)13-8-9-19-15-5-3-2-4-12(13)15/h2-10H,1H3. The van der Waals surface area contributed by atoms with Gasteiger partial charge in [0.15, 0.2) is 5.78 Å². The second-order valence-corrected chi connectivity index (χ2v) is 4.55. The summed E-state index contributed by atoms with van der Waals surface area (Å²) in [6.45, 7) is 0. The number of hydrogen-bond donors (Lipinski definition) is 0. The van der Waals surface area contributed by atoms with E-state index in [0.29, 0.717) is 11.3 Å². The SMILES string of the molecule is COc1ccc(F)cc1C(=O)c1ccnc2ccccc12. The van der Waals surface area contributed by atoms with E-state index in [0.717, 1.165) is 10.9 Å². The summed E-state index contributed by atoms with van der Waals surface area (Å²) in [7, 11) is 1.45. The van der Waals surface area contributed by atoms with Crippen molar-refractivity contribution in [2.45, 2.75) is 0 Å². The predicted octanol–water partition coefficient (Wildman–Crippen LogP) is 3.61. The molecule has 2 aromatic carbocycles. The smallest absolute Gasteiger partial charge is 0.197 e. The lowest BCUT2D eigenvalue weighted by Crippen LogP contribution is -2.05. The lowest BCUT2D eigenvalue weighted by atomic mass is 9.99. The molecule has 0 saturated carbocycles. The second-order valence-electron chi connectivity index (χ2n) is 4.55. The Labute approximate surface area is 121 Å². The topological polar surface area (TPSA) is 39.2 Å². The highest BCUT2D eigenvalue weighted by Crippen LogP contribution is 2.25. The Morgan fingerprint density at radius 3 is 2.71 bits per heavy atom. The van der Waals surface area contributed by atoms with Gasteiger partial charge in [-0.05, 0) is 30.3 Å². The van der Waals surface area contributed by atoms with Gasteiger partial charge < -0.3 is 4.74 Å². The number of ketones is 1. The molecule has 0 radical (unpaired) electrons. The van der Waals surface area contributed by atoms with Gasteiger partial charge in [-0.25, -0.2) is 4.39 Å². The van der Waals surface area contributed by atoms with Crippen LogP contribution in [-0.4, -0.2) is 17.9 Å². The number of rotatable bonds is 3. The number of carbonyl (C=O) groups excluding carboxylic acids is 1. The van der Waals surface area contributed by atoms with Crippen LogP contribution < -0.4 is 4.74 Å². The maximum Gasteiger partial charge on any atom is 0.197 e. The molecule has 3 rings (SSSR count). The molecular weight excluding hydrogens is 269 g/mol. The van der Waals surface area contributed by atoms with Crippen molar-refractivity contribution >= 4 is 16.7 Å². The molecule has 0 N–H and O–H groups in total. The summed E-state index contributed by atoms with van der Waals surface area (Å²) in [5.41, 5.74) is 1.40. The van der Waals surface area contributed by atoms with Crippen molar-refractivity contribution in [3.8, 4) is 5.75 Å². The van der Waals surface area contributed by atoms with Gasteiger partial charge >= 0.3 is 0 Å². The highest BCUT2D eigenvalue weighted by molar-refractivity contribution is 6.17. The minimum absolute atomic E-state index is 0.203. The molecule has 3 nitrogen and oxygen atoms in total. The zero-order valence-corrected chi connectivity index (χ0v) is 11.3. The fraction of sp³-hybridized carbons (Fsp3) is 0.0588. The van der Waals surface area contributed by atoms with Crippen LogP contribution in [-0.2, 0) is 0 Å². The molecule has 21 heavy (non-hydrogen) atoms. The number of pyridine rings is 1. The van der Waals surface area contributed by atoms with E-state index in [1.54, 1.807) is 12.3 Å². The Balaban J connectivity index is 2.20. The van der Waals surface area contributed by atoms with Crippen LogP contribution in [0.25, 0.3) is 10.9 Å². The molecular formula is C17H12FNO2. The van der Waals surface area contributed by atoms with Gasteiger partial charge in [-0.15, -0.1) is 0 Å². The lowest BCUT2D eigenvalue weighted by Gasteiger charge is -2.09. The van der Waals surface area contributed by atoms with Crippen LogP contribution in [0.1, 0.15) is 15.9 Å². The number of carbonyl (C=O) groups is 1. The monoisotopic (exact) mass is 281 g/mol. The fourth-order valence-electron chi connectivity index (χ4n) is 2.30. The first kappa shape index (κ1) is 13.2. The van der Waals surface area contributed by atoms with E-state index in [4.69, 9.17) is 4.74 Å². The van der Waals surface area contributed by atoms with Crippen LogP contribution in [0.2, 0.25) is 0 Å². The number of halogens is 1. The van der Waals surface area contributed by atoms with E-state index < -0.39 is 5.82 Å². The van der Waals surface area contributed by atoms with Crippen LogP contribution in [0.5, 0.6) is 5.75 Å². The van der Waals surface area contributed by atoms with E-state index in [1.165, 1.54) is 25.3 Å². The third kappa shape index (κ3) is 2.36. The summed E-state index contributed by atoms with van der Waals surface area (Å²) >= 11 is 0. The van der Waals surface area contributed by atoms with Crippen molar-refractivity contribution in [1.29, 1.82) is 0 Å². The quantitative estimate of drug-likeness (QED) is 0.688. The van der Waals surface area contributed by atoms with Crippen LogP contribution in [0.15, 0.2) is 54.7 Å². The predicted molar refractivity (Wildman–Crippen MR) is 78.1 cm³/mol. The molecule has 1 heterocycles. The summed E-state index contributed by atoms with van der Waals surface area (Å²) in [5.74, 6) is -0.412. The molecule has 0 aliphatic rings. The Bertz CT molecular complexity index is 825. The molecule has 3 aromatic rings. The Morgan fingerprint density at radius 2 is 1.90 bits per heavy atom. The number of fused-ring (bicyclic) bond motifs is 1. The molecule has 0 aliphatic carbocycles. The normalized spacial score (nSPS) is 10.6. The fourth-order valence-corrected chi connectivity index (χ4v) is 2.30. The molecule has 0 bridgehead atoms. The van der Waals surface area contributed by atoms with Crippen molar-refractivity contribution in [1.82, 2.24) is 4.98 Å². The summed E-state index contributed by atoms with van der Waals surface area (Å²) < 4.78 is 18.6. The lowest BCUT2D eigenvalue weighted by molar-refractivity contribution is 0.103. The van der Waals surface area contributed by atoms with Gasteiger partial charge in [0.2, 0.25) is 0 Å². The maximum absolute atomic E-state index is 13.5. The summed E-state index contributed by atoms with van der Waals surface area (Å²) in [5, 5.41) is 0.733. The first-order chi connectivity index (χ1) is 10.2.